The van der Waals surface area contributed by atoms with Crippen LogP contribution in [0.5, 0.6) is 0 Å². The van der Waals surface area contributed by atoms with E-state index in [-0.39, 0.29) is 48.0 Å². The number of rotatable bonds is 10. The average Bonchev–Trinajstić information content (AvgIpc) is 3.94. The Kier molecular flexibility index (Phi) is 11.2. The highest BCUT2D eigenvalue weighted by molar-refractivity contribution is 5.97. The normalized spacial score (nSPS) is 36.4. The number of Topliss-reactive ketones (excluding diaryl/α,β-unsaturated/α-hetero) is 1. The van der Waals surface area contributed by atoms with E-state index in [2.05, 4.69) is 5.32 Å². The van der Waals surface area contributed by atoms with Gasteiger partial charge in [-0.1, -0.05) is 64.1 Å². The number of benzene rings is 2. The molecule has 1 aliphatic heterocycles. The summed E-state index contributed by atoms with van der Waals surface area (Å²) in [5.74, 6) is -6.98. The van der Waals surface area contributed by atoms with Crippen LogP contribution in [-0.2, 0) is 42.9 Å². The van der Waals surface area contributed by atoms with Crippen molar-refractivity contribution in [1.82, 2.24) is 5.32 Å². The maximum atomic E-state index is 15.5. The highest BCUT2D eigenvalue weighted by Crippen LogP contribution is 2.64. The smallest absolute Gasteiger partial charge is 0.338 e. The number of nitrogens with one attached hydrogen (secondary N) is 1. The predicted octanol–water partition coefficient (Wildman–Crippen LogP) is 3.41. The van der Waals surface area contributed by atoms with E-state index in [0.717, 1.165) is 13.8 Å². The fourth-order valence-corrected chi connectivity index (χ4v) is 11.0. The Hall–Kier alpha value is -4.96. The van der Waals surface area contributed by atoms with Crippen LogP contribution >= 0.6 is 0 Å². The first-order valence-electron chi connectivity index (χ1n) is 20.7. The van der Waals surface area contributed by atoms with E-state index in [9.17, 15) is 39.3 Å². The minimum Gasteiger partial charge on any atom is -0.456 e. The molecule has 12 atom stereocenters. The van der Waals surface area contributed by atoms with Crippen molar-refractivity contribution in [3.8, 4) is 0 Å². The lowest BCUT2D eigenvalue weighted by Crippen LogP contribution is -2.82. The molecule has 7 rings (SSSR count). The van der Waals surface area contributed by atoms with Gasteiger partial charge in [-0.3, -0.25) is 19.2 Å². The molecule has 1 amide bonds. The van der Waals surface area contributed by atoms with Crippen molar-refractivity contribution in [2.75, 3.05) is 6.61 Å². The van der Waals surface area contributed by atoms with Crippen molar-refractivity contribution >= 4 is 35.6 Å². The van der Waals surface area contributed by atoms with Gasteiger partial charge in [0.05, 0.1) is 35.1 Å². The third-order valence-corrected chi connectivity index (χ3v) is 14.4. The number of hydrogen-bond donors (Lipinski definition) is 4. The molecule has 15 heteroatoms. The number of aliphatic hydroxyl groups excluding tert-OH is 2. The van der Waals surface area contributed by atoms with Gasteiger partial charge < -0.3 is 44.3 Å². The van der Waals surface area contributed by atoms with Crippen molar-refractivity contribution in [2.45, 2.75) is 128 Å². The largest absolute Gasteiger partial charge is 0.456 e. The molecule has 5 aliphatic rings. The van der Waals surface area contributed by atoms with Crippen molar-refractivity contribution < 1.29 is 67.8 Å². The van der Waals surface area contributed by atoms with Gasteiger partial charge in [-0.05, 0) is 67.5 Å². The summed E-state index contributed by atoms with van der Waals surface area (Å²) in [4.78, 5) is 83.5. The van der Waals surface area contributed by atoms with E-state index < -0.39 is 112 Å². The minimum absolute atomic E-state index is 0.0217. The van der Waals surface area contributed by atoms with Gasteiger partial charge in [0.25, 0.3) is 5.91 Å². The van der Waals surface area contributed by atoms with Gasteiger partial charge >= 0.3 is 23.9 Å². The zero-order valence-corrected chi connectivity index (χ0v) is 35.6. The molecule has 0 unspecified atom stereocenters. The second-order valence-corrected chi connectivity index (χ2v) is 18.5. The summed E-state index contributed by atoms with van der Waals surface area (Å²) in [6.07, 6.45) is -9.96. The van der Waals surface area contributed by atoms with Crippen LogP contribution in [0.4, 0.5) is 0 Å². The first-order chi connectivity index (χ1) is 28.6. The molecule has 0 radical (unpaired) electrons. The van der Waals surface area contributed by atoms with Crippen LogP contribution in [0.25, 0.3) is 0 Å². The van der Waals surface area contributed by atoms with Crippen molar-refractivity contribution in [2.24, 2.45) is 28.6 Å². The first-order valence-corrected chi connectivity index (χ1v) is 20.7. The fraction of sp³-hybridized carbons (Fsp3) is 0.565. The quantitative estimate of drug-likeness (QED) is 0.153. The Morgan fingerprint density at radius 1 is 0.869 bits per heavy atom. The Bertz CT molecular complexity index is 2150. The number of ether oxygens (including phenoxy) is 5. The van der Waals surface area contributed by atoms with Gasteiger partial charge in [0, 0.05) is 37.7 Å². The number of hydrogen-bond acceptors (Lipinski definition) is 14. The highest BCUT2D eigenvalue weighted by Gasteiger charge is 2.78. The molecule has 2 aromatic carbocycles. The summed E-state index contributed by atoms with van der Waals surface area (Å²) in [7, 11) is 0. The van der Waals surface area contributed by atoms with Gasteiger partial charge in [0.15, 0.2) is 23.6 Å². The third kappa shape index (κ3) is 6.88. The van der Waals surface area contributed by atoms with Crippen LogP contribution < -0.4 is 5.32 Å². The third-order valence-electron chi connectivity index (χ3n) is 14.4. The molecule has 1 heterocycles. The van der Waals surface area contributed by atoms with Gasteiger partial charge in [-0.15, -0.1) is 0 Å². The molecule has 0 aromatic heterocycles. The first kappa shape index (κ1) is 44.1. The molecule has 1 saturated heterocycles. The lowest BCUT2D eigenvalue weighted by molar-refractivity contribution is -0.346. The Balaban J connectivity index is 1.38. The maximum absolute atomic E-state index is 15.5. The van der Waals surface area contributed by atoms with Gasteiger partial charge in [0.2, 0.25) is 0 Å². The van der Waals surface area contributed by atoms with Gasteiger partial charge in [-0.2, -0.15) is 0 Å². The molecule has 3 saturated carbocycles. The lowest BCUT2D eigenvalue weighted by atomic mass is 9.44. The van der Waals surface area contributed by atoms with Crippen LogP contribution in [0.1, 0.15) is 95.4 Å². The van der Waals surface area contributed by atoms with E-state index in [1.54, 1.807) is 69.3 Å². The number of aliphatic hydroxyl groups is 3. The Morgan fingerprint density at radius 2 is 1.48 bits per heavy atom. The molecule has 4 aliphatic carbocycles. The summed E-state index contributed by atoms with van der Waals surface area (Å²) in [5.41, 5.74) is -8.59. The second-order valence-electron chi connectivity index (χ2n) is 18.5. The summed E-state index contributed by atoms with van der Waals surface area (Å²) in [5, 5.41) is 40.5. The molecule has 4 N–H and O–H groups in total. The number of amides is 1. The Morgan fingerprint density at radius 3 is 2.00 bits per heavy atom. The molecule has 0 spiro atoms. The molecule has 2 aromatic rings. The zero-order valence-electron chi connectivity index (χ0n) is 35.6. The molecule has 61 heavy (non-hydrogen) atoms. The van der Waals surface area contributed by atoms with Crippen molar-refractivity contribution in [3.63, 3.8) is 0 Å². The summed E-state index contributed by atoms with van der Waals surface area (Å²) in [6.45, 7) is 11.9. The average molecular weight is 846 g/mol. The molecular formula is C46H55NO14. The van der Waals surface area contributed by atoms with Gasteiger partial charge in [-0.25, -0.2) is 9.59 Å². The van der Waals surface area contributed by atoms with E-state index in [1.807, 2.05) is 13.8 Å². The summed E-state index contributed by atoms with van der Waals surface area (Å²) in [6, 6.07) is 16.2. The highest BCUT2D eigenvalue weighted by atomic mass is 16.6. The number of fused-ring (bicyclic) bond motifs is 5. The number of carbonyl (C=O) groups excluding carboxylic acids is 6. The maximum Gasteiger partial charge on any atom is 0.338 e. The molecule has 328 valence electrons. The molecule has 15 nitrogen and oxygen atoms in total. The molecular weight excluding hydrogens is 790 g/mol. The lowest BCUT2D eigenvalue weighted by Gasteiger charge is -2.67. The van der Waals surface area contributed by atoms with E-state index >= 15 is 4.79 Å². The van der Waals surface area contributed by atoms with Crippen LogP contribution in [0.3, 0.4) is 0 Å². The summed E-state index contributed by atoms with van der Waals surface area (Å²) < 4.78 is 30.4. The van der Waals surface area contributed by atoms with Crippen LogP contribution in [0, 0.1) is 28.6 Å². The van der Waals surface area contributed by atoms with Crippen molar-refractivity contribution in [3.05, 3.63) is 82.9 Å². The summed E-state index contributed by atoms with van der Waals surface area (Å²) >= 11 is 0. The van der Waals surface area contributed by atoms with Crippen LogP contribution in [0.15, 0.2) is 71.8 Å². The van der Waals surface area contributed by atoms with E-state index in [4.69, 9.17) is 23.7 Å². The molecule has 2 bridgehead atoms. The van der Waals surface area contributed by atoms with Crippen molar-refractivity contribution in [1.29, 1.82) is 0 Å². The van der Waals surface area contributed by atoms with Gasteiger partial charge in [0.1, 0.15) is 23.9 Å². The Labute approximate surface area is 354 Å². The minimum atomic E-state index is -2.36. The molecule has 4 fully saturated rings. The topological polar surface area (TPSA) is 221 Å². The SMILES string of the molecule is CC(=O)O[C@H]1C(=O)[C@@]2(C)[C@H]([C@H](OC(=O)c3ccccc3)[C@]3(O)C[C@H](OC(=O)[C@H](O)[C@]4(NC(=O)c5ccccc5)C[C@@H]4C(C)C)C(C)=C1C3(C)C)[C@]1(OC(C)=O)CO[C@@H]1C[C@@H]2O. The predicted molar refractivity (Wildman–Crippen MR) is 214 cm³/mol. The van der Waals surface area contributed by atoms with Crippen LogP contribution in [-0.4, -0.2) is 111 Å². The monoisotopic (exact) mass is 845 g/mol. The standard InChI is InChI=1S/C46H55NO14/c1-23(2)29-20-44(29,47-39(53)27-15-11-9-12-16-27)37(52)41(55)59-30-21-46(56)38(60-40(54)28-17-13-10-14-18-28)35-43(8,31(50)19-32-45(35,22-57-32)61-26(5)49)36(51)34(58-25(4)48)33(24(30)3)42(46,6)7/h9-18,23,29-32,34-35,37-38,50,52,56H,19-22H2,1-8H3,(H,47,53)/t29-,30+,31+,32-,34-,35+,37+,38+,43-,44+,45+,46-/m1/s1. The van der Waals surface area contributed by atoms with Crippen LogP contribution in [0.2, 0.25) is 0 Å². The number of ketones is 1. The van der Waals surface area contributed by atoms with E-state index in [0.29, 0.717) is 5.56 Å². The number of esters is 4. The number of carbonyl (C=O) groups is 6. The zero-order chi connectivity index (χ0) is 44.6. The fourth-order valence-electron chi connectivity index (χ4n) is 11.0. The van der Waals surface area contributed by atoms with E-state index in [1.165, 1.54) is 19.1 Å². The second kappa shape index (κ2) is 15.4.